The Morgan fingerprint density at radius 3 is 2.73 bits per heavy atom. The lowest BCUT2D eigenvalue weighted by Crippen LogP contribution is -2.43. The fourth-order valence-corrected chi connectivity index (χ4v) is 7.63. The first kappa shape index (κ1) is 21.3. The van der Waals surface area contributed by atoms with Crippen molar-refractivity contribution in [2.45, 2.75) is 46.0 Å². The van der Waals surface area contributed by atoms with Crippen LogP contribution >= 0.6 is 0 Å². The summed E-state index contributed by atoms with van der Waals surface area (Å²) < 4.78 is 33.8. The molecule has 0 saturated heterocycles. The molecular formula is C22H30N2O5S. The molecular weight excluding hydrogens is 404 g/mol. The molecule has 0 radical (unpaired) electrons. The summed E-state index contributed by atoms with van der Waals surface area (Å²) in [5.74, 6) is 0.0130. The molecule has 4 rings (SSSR count). The first-order chi connectivity index (χ1) is 14.1. The zero-order chi connectivity index (χ0) is 21.7. The minimum atomic E-state index is -3.74. The van der Waals surface area contributed by atoms with E-state index in [0.29, 0.717) is 25.1 Å². The van der Waals surface area contributed by atoms with Crippen LogP contribution in [0, 0.1) is 16.7 Å². The zero-order valence-electron chi connectivity index (χ0n) is 17.9. The maximum atomic E-state index is 13.1. The third-order valence-corrected chi connectivity index (χ3v) is 9.04. The van der Waals surface area contributed by atoms with Gasteiger partial charge in [-0.2, -0.15) is 0 Å². The molecule has 2 atom stereocenters. The van der Waals surface area contributed by atoms with Crippen LogP contribution in [-0.2, 0) is 30.8 Å². The fraction of sp³-hybridized carbons (Fsp3) is 0.636. The van der Waals surface area contributed by atoms with Crippen LogP contribution in [0.15, 0.2) is 18.2 Å². The highest BCUT2D eigenvalue weighted by Gasteiger charge is 2.65. The Hall–Kier alpha value is -1.93. The smallest absolute Gasteiger partial charge is 0.252 e. The number of carbonyl (C=O) groups excluding carboxylic acids is 2. The molecule has 1 amide bonds. The molecule has 1 heterocycles. The number of hydrogen-bond acceptors (Lipinski definition) is 5. The van der Waals surface area contributed by atoms with Crippen molar-refractivity contribution in [2.75, 3.05) is 35.6 Å². The third kappa shape index (κ3) is 3.34. The Labute approximate surface area is 178 Å². The highest BCUT2D eigenvalue weighted by molar-refractivity contribution is 7.92. The second-order valence-corrected chi connectivity index (χ2v) is 11.2. The van der Waals surface area contributed by atoms with Crippen LogP contribution in [-0.4, -0.2) is 46.1 Å². The van der Waals surface area contributed by atoms with Gasteiger partial charge in [-0.15, -0.1) is 0 Å². The number of ether oxygens (including phenoxy) is 1. The number of anilines is 2. The number of nitrogens with zero attached hydrogens (tertiary/aromatic N) is 1. The van der Waals surface area contributed by atoms with E-state index in [1.54, 1.807) is 17.0 Å². The number of methoxy groups -OCH3 is 1. The second kappa shape index (κ2) is 7.34. The van der Waals surface area contributed by atoms with E-state index < -0.39 is 15.4 Å². The third-order valence-electron chi connectivity index (χ3n) is 7.62. The van der Waals surface area contributed by atoms with E-state index in [4.69, 9.17) is 4.74 Å². The molecule has 1 N–H and O–H groups in total. The second-order valence-electron chi connectivity index (χ2n) is 9.45. The monoisotopic (exact) mass is 434 g/mol. The molecule has 1 aromatic carbocycles. The largest absolute Gasteiger partial charge is 0.375 e. The van der Waals surface area contributed by atoms with E-state index in [0.717, 1.165) is 30.5 Å². The van der Waals surface area contributed by atoms with Gasteiger partial charge in [0.25, 0.3) is 5.91 Å². The molecule has 1 aliphatic heterocycles. The maximum absolute atomic E-state index is 13.1. The number of aryl methyl sites for hydroxylation is 1. The number of Topliss-reactive ketones (excluding diaryl/α,β-unsaturated/α-hetero) is 1. The lowest BCUT2D eigenvalue weighted by molar-refractivity contribution is -0.128. The quantitative estimate of drug-likeness (QED) is 0.743. The number of hydrogen-bond donors (Lipinski definition) is 1. The van der Waals surface area contributed by atoms with E-state index in [9.17, 15) is 18.0 Å². The number of carbonyl (C=O) groups is 2. The SMILES string of the molecule is COCC(=O)N1CCCc2ccc(NS(=O)(=O)CC34CCC(CC3=O)C4(C)C)cc21. The summed E-state index contributed by atoms with van der Waals surface area (Å²) in [7, 11) is -2.26. The molecule has 30 heavy (non-hydrogen) atoms. The summed E-state index contributed by atoms with van der Waals surface area (Å²) in [6.07, 6.45) is 3.72. The van der Waals surface area contributed by atoms with E-state index in [2.05, 4.69) is 4.72 Å². The lowest BCUT2D eigenvalue weighted by Gasteiger charge is -2.36. The molecule has 2 fully saturated rings. The van der Waals surface area contributed by atoms with Gasteiger partial charge in [0.05, 0.1) is 16.9 Å². The Bertz CT molecular complexity index is 987. The van der Waals surface area contributed by atoms with Gasteiger partial charge in [0.15, 0.2) is 0 Å². The van der Waals surface area contributed by atoms with Crippen LogP contribution in [0.1, 0.15) is 45.1 Å². The van der Waals surface area contributed by atoms with Crippen molar-refractivity contribution in [3.63, 3.8) is 0 Å². The number of ketones is 1. The van der Waals surface area contributed by atoms with Crippen LogP contribution in [0.3, 0.4) is 0 Å². The van der Waals surface area contributed by atoms with Crippen LogP contribution in [0.25, 0.3) is 0 Å². The molecule has 2 bridgehead atoms. The standard InChI is InChI=1S/C22H30N2O5S/c1-21(2)16-8-9-22(21,19(25)11-16)14-30(27,28)23-17-7-6-15-5-4-10-24(18(15)12-17)20(26)13-29-3/h6-7,12,16,23H,4-5,8-11,13-14H2,1-3H3. The minimum absolute atomic E-state index is 0.0176. The maximum Gasteiger partial charge on any atom is 0.252 e. The van der Waals surface area contributed by atoms with Gasteiger partial charge < -0.3 is 9.64 Å². The molecule has 2 unspecified atom stereocenters. The fourth-order valence-electron chi connectivity index (χ4n) is 5.75. The van der Waals surface area contributed by atoms with E-state index in [1.165, 1.54) is 7.11 Å². The van der Waals surface area contributed by atoms with Crippen molar-refractivity contribution in [3.05, 3.63) is 23.8 Å². The molecule has 3 aliphatic rings. The number of sulfonamides is 1. The van der Waals surface area contributed by atoms with Crippen LogP contribution in [0.2, 0.25) is 0 Å². The van der Waals surface area contributed by atoms with Crippen LogP contribution in [0.4, 0.5) is 11.4 Å². The number of fused-ring (bicyclic) bond motifs is 3. The van der Waals surface area contributed by atoms with Gasteiger partial charge in [-0.05, 0) is 54.7 Å². The minimum Gasteiger partial charge on any atom is -0.375 e. The van der Waals surface area contributed by atoms with Gasteiger partial charge in [-0.3, -0.25) is 14.3 Å². The zero-order valence-corrected chi connectivity index (χ0v) is 18.7. The van der Waals surface area contributed by atoms with Crippen molar-refractivity contribution < 1.29 is 22.7 Å². The molecule has 8 heteroatoms. The van der Waals surface area contributed by atoms with Gasteiger partial charge in [0.2, 0.25) is 10.0 Å². The van der Waals surface area contributed by atoms with Crippen molar-refractivity contribution in [1.82, 2.24) is 0 Å². The van der Waals surface area contributed by atoms with Gasteiger partial charge in [-0.25, -0.2) is 8.42 Å². The first-order valence-electron chi connectivity index (χ1n) is 10.6. The number of nitrogens with one attached hydrogen (secondary N) is 1. The summed E-state index contributed by atoms with van der Waals surface area (Å²) in [4.78, 5) is 26.8. The molecule has 2 aliphatic carbocycles. The van der Waals surface area contributed by atoms with Crippen molar-refractivity contribution in [3.8, 4) is 0 Å². The molecule has 2 saturated carbocycles. The van der Waals surface area contributed by atoms with Gasteiger partial charge in [-0.1, -0.05) is 19.9 Å². The number of rotatable bonds is 6. The van der Waals surface area contributed by atoms with Crippen molar-refractivity contribution in [1.29, 1.82) is 0 Å². The molecule has 1 aromatic rings. The van der Waals surface area contributed by atoms with Gasteiger partial charge in [0.1, 0.15) is 12.4 Å². The lowest BCUT2D eigenvalue weighted by atomic mass is 9.70. The molecule has 0 aromatic heterocycles. The summed E-state index contributed by atoms with van der Waals surface area (Å²) >= 11 is 0. The van der Waals surface area contributed by atoms with Crippen LogP contribution < -0.4 is 9.62 Å². The first-order valence-corrected chi connectivity index (χ1v) is 12.2. The average Bonchev–Trinajstić information content (AvgIpc) is 3.01. The summed E-state index contributed by atoms with van der Waals surface area (Å²) in [6.45, 7) is 4.63. The summed E-state index contributed by atoms with van der Waals surface area (Å²) in [5.41, 5.74) is 1.04. The number of amides is 1. The van der Waals surface area contributed by atoms with E-state index >= 15 is 0 Å². The number of benzene rings is 1. The summed E-state index contributed by atoms with van der Waals surface area (Å²) in [5, 5.41) is 0. The van der Waals surface area contributed by atoms with E-state index in [1.807, 2.05) is 19.9 Å². The normalized spacial score (nSPS) is 27.2. The van der Waals surface area contributed by atoms with Gasteiger partial charge >= 0.3 is 0 Å². The predicted octanol–water partition coefficient (Wildman–Crippen LogP) is 2.75. The Kier molecular flexibility index (Phi) is 5.21. The highest BCUT2D eigenvalue weighted by Crippen LogP contribution is 2.64. The Morgan fingerprint density at radius 1 is 1.33 bits per heavy atom. The predicted molar refractivity (Wildman–Crippen MR) is 115 cm³/mol. The van der Waals surface area contributed by atoms with E-state index in [-0.39, 0.29) is 35.4 Å². The molecule has 0 spiro atoms. The van der Waals surface area contributed by atoms with Gasteiger partial charge in [0, 0.05) is 25.8 Å². The Morgan fingerprint density at radius 2 is 2.10 bits per heavy atom. The Balaban J connectivity index is 1.58. The molecule has 7 nitrogen and oxygen atoms in total. The average molecular weight is 435 g/mol. The highest BCUT2D eigenvalue weighted by atomic mass is 32.2. The summed E-state index contributed by atoms with van der Waals surface area (Å²) in [6, 6.07) is 5.32. The van der Waals surface area contributed by atoms with Crippen molar-refractivity contribution in [2.24, 2.45) is 16.7 Å². The topological polar surface area (TPSA) is 92.8 Å². The van der Waals surface area contributed by atoms with Crippen LogP contribution in [0.5, 0.6) is 0 Å². The molecule has 164 valence electrons. The van der Waals surface area contributed by atoms with Crippen molar-refractivity contribution >= 4 is 33.1 Å².